The molecule has 0 N–H and O–H groups in total. The minimum Gasteiger partial charge on any atom is -0.264 e. The number of aromatic nitrogens is 6. The van der Waals surface area contributed by atoms with Gasteiger partial charge in [0.15, 0.2) is 0 Å². The second-order valence-electron chi connectivity index (χ2n) is 10.6. The highest BCUT2D eigenvalue weighted by atomic mass is 14.9. The molecule has 7 rings (SSSR count). The van der Waals surface area contributed by atoms with Gasteiger partial charge in [0.2, 0.25) is 0 Å². The quantitative estimate of drug-likeness (QED) is 0.207. The van der Waals surface area contributed by atoms with E-state index in [1.54, 1.807) is 18.6 Å². The summed E-state index contributed by atoms with van der Waals surface area (Å²) in [6, 6.07) is 24.9. The van der Waals surface area contributed by atoms with Gasteiger partial charge < -0.3 is 0 Å². The fraction of sp³-hybridized carbons (Fsp3) is 0.0811. The van der Waals surface area contributed by atoms with Gasteiger partial charge in [-0.3, -0.25) is 19.9 Å². The Hall–Kier alpha value is -5.62. The summed E-state index contributed by atoms with van der Waals surface area (Å²) in [5.41, 5.74) is 11.5. The van der Waals surface area contributed by atoms with Gasteiger partial charge in [-0.15, -0.1) is 0 Å². The van der Waals surface area contributed by atoms with Gasteiger partial charge in [-0.2, -0.15) is 0 Å². The molecule has 6 heteroatoms. The Balaban J connectivity index is 1.35. The summed E-state index contributed by atoms with van der Waals surface area (Å²) < 4.78 is 0. The molecule has 1 aliphatic rings. The number of aryl methyl sites for hydroxylation is 1. The first-order valence-corrected chi connectivity index (χ1v) is 14.2. The Bertz CT molecular complexity index is 1880. The molecule has 6 nitrogen and oxygen atoms in total. The zero-order valence-electron chi connectivity index (χ0n) is 23.7. The van der Waals surface area contributed by atoms with Crippen molar-refractivity contribution < 1.29 is 0 Å². The fourth-order valence-corrected chi connectivity index (χ4v) is 5.56. The minimum absolute atomic E-state index is 0.161. The summed E-state index contributed by atoms with van der Waals surface area (Å²) >= 11 is 0. The minimum atomic E-state index is 0.161. The normalized spacial score (nSPS) is 14.6. The van der Waals surface area contributed by atoms with Crippen LogP contribution in [0.2, 0.25) is 0 Å². The predicted molar refractivity (Wildman–Crippen MR) is 170 cm³/mol. The lowest BCUT2D eigenvalue weighted by molar-refractivity contribution is 0.855. The summed E-state index contributed by atoms with van der Waals surface area (Å²) in [6.45, 7) is 1.96. The average molecular weight is 557 g/mol. The average Bonchev–Trinajstić information content (AvgIpc) is 3.09. The SMILES string of the molecule is Cc1nc(C2=CC(c3cccnc3)=CC(c3cccnc3)C2)cc(-c2cc(-c3cccnc3)cc(-c3cccnc3)c2)n1. The molecule has 0 bridgehead atoms. The Morgan fingerprint density at radius 1 is 0.558 bits per heavy atom. The molecule has 0 spiro atoms. The maximum absolute atomic E-state index is 4.94. The number of rotatable bonds is 6. The Labute approximate surface area is 250 Å². The van der Waals surface area contributed by atoms with Crippen LogP contribution in [0.1, 0.15) is 35.0 Å². The van der Waals surface area contributed by atoms with E-state index in [0.717, 1.165) is 68.2 Å². The Kier molecular flexibility index (Phi) is 7.15. The van der Waals surface area contributed by atoms with Crippen molar-refractivity contribution >= 4 is 11.1 Å². The number of nitrogens with zero attached hydrogens (tertiary/aromatic N) is 6. The first-order chi connectivity index (χ1) is 21.2. The van der Waals surface area contributed by atoms with Crippen LogP contribution < -0.4 is 0 Å². The van der Waals surface area contributed by atoms with E-state index in [4.69, 9.17) is 9.97 Å². The molecule has 0 fully saturated rings. The largest absolute Gasteiger partial charge is 0.264 e. The number of allylic oxidation sites excluding steroid dienone is 4. The van der Waals surface area contributed by atoms with Crippen molar-refractivity contribution in [1.29, 1.82) is 0 Å². The van der Waals surface area contributed by atoms with Crippen LogP contribution in [0.15, 0.2) is 135 Å². The lowest BCUT2D eigenvalue weighted by Crippen LogP contribution is -2.06. The third-order valence-corrected chi connectivity index (χ3v) is 7.64. The summed E-state index contributed by atoms with van der Waals surface area (Å²) in [6.07, 6.45) is 20.2. The van der Waals surface area contributed by atoms with Crippen LogP contribution in [0.4, 0.5) is 0 Å². The van der Waals surface area contributed by atoms with Crippen LogP contribution in [-0.2, 0) is 0 Å². The van der Waals surface area contributed by atoms with Gasteiger partial charge in [0.05, 0.1) is 11.4 Å². The van der Waals surface area contributed by atoms with E-state index in [1.165, 1.54) is 5.56 Å². The Morgan fingerprint density at radius 2 is 1.12 bits per heavy atom. The van der Waals surface area contributed by atoms with Gasteiger partial charge in [0, 0.05) is 72.2 Å². The zero-order valence-corrected chi connectivity index (χ0v) is 23.7. The zero-order chi connectivity index (χ0) is 29.0. The molecule has 0 amide bonds. The fourth-order valence-electron chi connectivity index (χ4n) is 5.56. The number of hydrogen-bond acceptors (Lipinski definition) is 6. The highest BCUT2D eigenvalue weighted by Gasteiger charge is 2.21. The molecule has 6 aromatic rings. The highest BCUT2D eigenvalue weighted by molar-refractivity contribution is 5.87. The van der Waals surface area contributed by atoms with Gasteiger partial charge in [-0.25, -0.2) is 9.97 Å². The lowest BCUT2D eigenvalue weighted by atomic mass is 9.83. The molecule has 1 aliphatic carbocycles. The van der Waals surface area contributed by atoms with Crippen molar-refractivity contribution in [2.75, 3.05) is 0 Å². The highest BCUT2D eigenvalue weighted by Crippen LogP contribution is 2.39. The molecule has 43 heavy (non-hydrogen) atoms. The van der Waals surface area contributed by atoms with Crippen molar-refractivity contribution in [2.45, 2.75) is 19.3 Å². The monoisotopic (exact) mass is 556 g/mol. The van der Waals surface area contributed by atoms with Gasteiger partial charge in [-0.1, -0.05) is 30.3 Å². The van der Waals surface area contributed by atoms with Gasteiger partial charge >= 0.3 is 0 Å². The van der Waals surface area contributed by atoms with Crippen LogP contribution in [0.3, 0.4) is 0 Å². The van der Waals surface area contributed by atoms with Gasteiger partial charge in [0.25, 0.3) is 0 Å². The summed E-state index contributed by atoms with van der Waals surface area (Å²) in [5, 5.41) is 0. The smallest absolute Gasteiger partial charge is 0.126 e. The molecule has 0 saturated heterocycles. The van der Waals surface area contributed by atoms with Crippen LogP contribution >= 0.6 is 0 Å². The van der Waals surface area contributed by atoms with E-state index in [-0.39, 0.29) is 5.92 Å². The number of benzene rings is 1. The maximum Gasteiger partial charge on any atom is 0.126 e. The van der Waals surface area contributed by atoms with Gasteiger partial charge in [-0.05, 0) is 101 Å². The summed E-state index contributed by atoms with van der Waals surface area (Å²) in [5.74, 6) is 0.882. The third kappa shape index (κ3) is 5.76. The van der Waals surface area contributed by atoms with E-state index in [1.807, 2.05) is 62.2 Å². The van der Waals surface area contributed by atoms with E-state index in [2.05, 4.69) is 80.6 Å². The number of pyridine rings is 4. The molecule has 206 valence electrons. The topological polar surface area (TPSA) is 77.3 Å². The van der Waals surface area contributed by atoms with Crippen LogP contribution in [0.5, 0.6) is 0 Å². The van der Waals surface area contributed by atoms with Crippen molar-refractivity contribution in [3.8, 4) is 33.5 Å². The molecular weight excluding hydrogens is 528 g/mol. The summed E-state index contributed by atoms with van der Waals surface area (Å²) in [7, 11) is 0. The molecule has 0 saturated carbocycles. The first-order valence-electron chi connectivity index (χ1n) is 14.2. The van der Waals surface area contributed by atoms with E-state index < -0.39 is 0 Å². The van der Waals surface area contributed by atoms with Crippen molar-refractivity contribution in [3.63, 3.8) is 0 Å². The van der Waals surface area contributed by atoms with Crippen LogP contribution in [-0.4, -0.2) is 29.9 Å². The van der Waals surface area contributed by atoms with Crippen LogP contribution in [0, 0.1) is 6.92 Å². The molecular formula is C37H28N6. The van der Waals surface area contributed by atoms with E-state index in [9.17, 15) is 0 Å². The Morgan fingerprint density at radius 3 is 1.70 bits per heavy atom. The second kappa shape index (κ2) is 11.7. The molecule has 5 aromatic heterocycles. The third-order valence-electron chi connectivity index (χ3n) is 7.64. The molecule has 5 heterocycles. The maximum atomic E-state index is 4.94. The van der Waals surface area contributed by atoms with Gasteiger partial charge in [0.1, 0.15) is 5.82 Å². The predicted octanol–water partition coefficient (Wildman–Crippen LogP) is 8.02. The standard InChI is InChI=1S/C37H28N6/c1-25-42-36(34-16-30(26-6-2-10-38-21-26)14-31(17-34)27-7-3-11-39-22-27)20-37(43-25)35-18-32(28-8-4-12-40-23-28)15-33(19-35)29-9-5-13-41-24-29/h2-18,20-24,33H,19H2,1H3. The molecule has 1 atom stereocenters. The molecule has 1 aromatic carbocycles. The second-order valence-corrected chi connectivity index (χ2v) is 10.6. The molecule has 0 aliphatic heterocycles. The van der Waals surface area contributed by atoms with Crippen molar-refractivity contribution in [2.24, 2.45) is 0 Å². The molecule has 1 unspecified atom stereocenters. The van der Waals surface area contributed by atoms with Crippen molar-refractivity contribution in [3.05, 3.63) is 157 Å². The summed E-state index contributed by atoms with van der Waals surface area (Å²) in [4.78, 5) is 27.3. The first kappa shape index (κ1) is 26.3. The van der Waals surface area contributed by atoms with E-state index >= 15 is 0 Å². The van der Waals surface area contributed by atoms with Crippen LogP contribution in [0.25, 0.3) is 44.7 Å². The molecule has 0 radical (unpaired) electrons. The van der Waals surface area contributed by atoms with Crippen molar-refractivity contribution in [1.82, 2.24) is 29.9 Å². The van der Waals surface area contributed by atoms with E-state index in [0.29, 0.717) is 0 Å². The number of hydrogen-bond donors (Lipinski definition) is 0. The lowest BCUT2D eigenvalue weighted by Gasteiger charge is -2.22.